The molecule has 2 aromatic heterocycles. The molecule has 0 saturated carbocycles. The molecule has 4 N–H and O–H groups in total. The van der Waals surface area contributed by atoms with Crippen LogP contribution in [0, 0.1) is 6.92 Å². The van der Waals surface area contributed by atoms with Crippen molar-refractivity contribution in [2.45, 2.75) is 13.5 Å². The van der Waals surface area contributed by atoms with Gasteiger partial charge in [-0.05, 0) is 24.3 Å². The van der Waals surface area contributed by atoms with Gasteiger partial charge in [-0.1, -0.05) is 22.9 Å². The molecular formula is C17H17ClN3O2S+. The zero-order valence-corrected chi connectivity index (χ0v) is 14.8. The number of hydrogen-bond acceptors (Lipinski definition) is 4. The van der Waals surface area contributed by atoms with Crippen LogP contribution in [0.3, 0.4) is 0 Å². The molecule has 1 amide bonds. The number of pyridine rings is 1. The van der Waals surface area contributed by atoms with Crippen LogP contribution in [-0.2, 0) is 11.3 Å². The summed E-state index contributed by atoms with van der Waals surface area (Å²) >= 11 is 7.19. The number of halogens is 1. The van der Waals surface area contributed by atoms with Crippen LogP contribution >= 0.6 is 22.9 Å². The normalized spacial score (nSPS) is 11.0. The maximum atomic E-state index is 12.6. The Morgan fingerprint density at radius 1 is 1.38 bits per heavy atom. The van der Waals surface area contributed by atoms with Crippen LogP contribution in [-0.4, -0.2) is 13.0 Å². The van der Waals surface area contributed by atoms with E-state index in [0.29, 0.717) is 27.9 Å². The number of aromatic amines is 1. The number of H-pyrrole nitrogens is 1. The minimum Gasteiger partial charge on any atom is -0.397 e. The fourth-order valence-corrected chi connectivity index (χ4v) is 3.80. The molecule has 0 fully saturated rings. The molecule has 3 rings (SSSR count). The van der Waals surface area contributed by atoms with Crippen LogP contribution in [0.1, 0.15) is 20.9 Å². The predicted octanol–water partition coefficient (Wildman–Crippen LogP) is 3.66. The van der Waals surface area contributed by atoms with Crippen molar-refractivity contribution in [3.05, 3.63) is 51.5 Å². The first-order valence-corrected chi connectivity index (χ1v) is 8.48. The van der Waals surface area contributed by atoms with E-state index in [2.05, 4.69) is 10.3 Å². The summed E-state index contributed by atoms with van der Waals surface area (Å²) in [6.07, 6.45) is 0. The number of ether oxygens (including phenoxy) is 1. The Labute approximate surface area is 148 Å². The van der Waals surface area contributed by atoms with Gasteiger partial charge in [0.05, 0.1) is 17.7 Å². The molecule has 1 aromatic carbocycles. The third kappa shape index (κ3) is 3.21. The number of fused-ring (bicyclic) bond motifs is 1. The summed E-state index contributed by atoms with van der Waals surface area (Å²) in [5.41, 5.74) is 9.33. The Morgan fingerprint density at radius 3 is 2.75 bits per heavy atom. The number of aromatic nitrogens is 1. The Kier molecular flexibility index (Phi) is 4.71. The largest absolute Gasteiger partial charge is 0.397 e. The third-order valence-corrected chi connectivity index (χ3v) is 4.95. The topological polar surface area (TPSA) is 78.5 Å². The van der Waals surface area contributed by atoms with Crippen molar-refractivity contribution in [2.24, 2.45) is 0 Å². The lowest BCUT2D eigenvalue weighted by Crippen LogP contribution is -2.12. The number of aryl methyl sites for hydroxylation is 1. The van der Waals surface area contributed by atoms with Crippen molar-refractivity contribution in [1.29, 1.82) is 0 Å². The summed E-state index contributed by atoms with van der Waals surface area (Å²) in [5, 5.41) is 4.30. The maximum Gasteiger partial charge on any atom is 0.270 e. The van der Waals surface area contributed by atoms with Crippen LogP contribution in [0.25, 0.3) is 10.2 Å². The third-order valence-electron chi connectivity index (χ3n) is 3.58. The molecule has 0 radical (unpaired) electrons. The first kappa shape index (κ1) is 16.7. The van der Waals surface area contributed by atoms with E-state index < -0.39 is 0 Å². The highest BCUT2D eigenvalue weighted by Crippen LogP contribution is 2.34. The van der Waals surface area contributed by atoms with Gasteiger partial charge in [0.15, 0.2) is 5.69 Å². The minimum atomic E-state index is -0.245. The Morgan fingerprint density at radius 2 is 2.08 bits per heavy atom. The molecule has 0 aliphatic carbocycles. The summed E-state index contributed by atoms with van der Waals surface area (Å²) in [5.74, 6) is -0.245. The summed E-state index contributed by atoms with van der Waals surface area (Å²) in [4.78, 5) is 17.2. The average Bonchev–Trinajstić information content (AvgIpc) is 2.87. The molecule has 2 heterocycles. The van der Waals surface area contributed by atoms with Crippen LogP contribution in [0.4, 0.5) is 11.4 Å². The number of methoxy groups -OCH3 is 1. The van der Waals surface area contributed by atoms with Crippen molar-refractivity contribution < 1.29 is 14.5 Å². The minimum absolute atomic E-state index is 0.245. The SMILES string of the molecule is COCc1cc(C)[nH+]c2sc(C(=O)Nc3ccc(Cl)cc3)c(N)c12. The Hall–Kier alpha value is -2.15. The highest BCUT2D eigenvalue weighted by molar-refractivity contribution is 7.20. The lowest BCUT2D eigenvalue weighted by atomic mass is 10.1. The molecule has 0 bridgehead atoms. The van der Waals surface area contributed by atoms with Crippen molar-refractivity contribution in [1.82, 2.24) is 0 Å². The Bertz CT molecular complexity index is 906. The zero-order valence-electron chi connectivity index (χ0n) is 13.3. The van der Waals surface area contributed by atoms with E-state index >= 15 is 0 Å². The average molecular weight is 363 g/mol. The van der Waals surface area contributed by atoms with Crippen molar-refractivity contribution >= 4 is 50.4 Å². The van der Waals surface area contributed by atoms with Crippen molar-refractivity contribution in [2.75, 3.05) is 18.2 Å². The summed E-state index contributed by atoms with van der Waals surface area (Å²) in [6, 6.07) is 8.92. The lowest BCUT2D eigenvalue weighted by molar-refractivity contribution is -0.351. The van der Waals surface area contributed by atoms with E-state index in [9.17, 15) is 4.79 Å². The molecule has 3 aromatic rings. The lowest BCUT2D eigenvalue weighted by Gasteiger charge is -2.04. The molecule has 5 nitrogen and oxygen atoms in total. The molecule has 0 spiro atoms. The van der Waals surface area contributed by atoms with Gasteiger partial charge in [0.25, 0.3) is 10.7 Å². The number of rotatable bonds is 4. The highest BCUT2D eigenvalue weighted by atomic mass is 35.5. The second-order valence-corrected chi connectivity index (χ2v) is 6.88. The van der Waals surface area contributed by atoms with E-state index in [1.165, 1.54) is 11.3 Å². The molecule has 0 aliphatic rings. The molecule has 7 heteroatoms. The maximum absolute atomic E-state index is 12.6. The zero-order chi connectivity index (χ0) is 17.3. The number of carbonyl (C=O) groups is 1. The number of thiophene rings is 1. The van der Waals surface area contributed by atoms with E-state index in [-0.39, 0.29) is 5.91 Å². The number of nitrogen functional groups attached to an aromatic ring is 1. The quantitative estimate of drug-likeness (QED) is 0.743. The first-order valence-electron chi connectivity index (χ1n) is 7.29. The van der Waals surface area contributed by atoms with Gasteiger partial charge in [0.2, 0.25) is 0 Å². The predicted molar refractivity (Wildman–Crippen MR) is 97.6 cm³/mol. The van der Waals surface area contributed by atoms with Gasteiger partial charge < -0.3 is 15.8 Å². The van der Waals surface area contributed by atoms with Gasteiger partial charge in [0, 0.05) is 36.4 Å². The number of anilines is 2. The number of amides is 1. The van der Waals surface area contributed by atoms with Gasteiger partial charge in [-0.2, -0.15) is 4.98 Å². The number of nitrogens with two attached hydrogens (primary N) is 1. The number of carbonyl (C=O) groups excluding carboxylic acids is 1. The molecule has 0 unspecified atom stereocenters. The van der Waals surface area contributed by atoms with Gasteiger partial charge in [-0.15, -0.1) is 0 Å². The van der Waals surface area contributed by atoms with Crippen LogP contribution < -0.4 is 16.0 Å². The van der Waals surface area contributed by atoms with E-state index in [1.807, 2.05) is 13.0 Å². The fraction of sp³-hybridized carbons (Fsp3) is 0.176. The van der Waals surface area contributed by atoms with Crippen LogP contribution in [0.2, 0.25) is 5.02 Å². The van der Waals surface area contributed by atoms with E-state index in [1.54, 1.807) is 31.4 Å². The van der Waals surface area contributed by atoms with Gasteiger partial charge in [-0.3, -0.25) is 4.79 Å². The monoisotopic (exact) mass is 362 g/mol. The van der Waals surface area contributed by atoms with Crippen LogP contribution in [0.15, 0.2) is 30.3 Å². The van der Waals surface area contributed by atoms with E-state index in [4.69, 9.17) is 22.1 Å². The molecule has 0 aliphatic heterocycles. The molecule has 24 heavy (non-hydrogen) atoms. The number of hydrogen-bond donors (Lipinski definition) is 2. The summed E-state index contributed by atoms with van der Waals surface area (Å²) in [6.45, 7) is 2.40. The van der Waals surface area contributed by atoms with Gasteiger partial charge in [-0.25, -0.2) is 0 Å². The smallest absolute Gasteiger partial charge is 0.270 e. The molecular weight excluding hydrogens is 346 g/mol. The van der Waals surface area contributed by atoms with Gasteiger partial charge >= 0.3 is 0 Å². The molecule has 124 valence electrons. The summed E-state index contributed by atoms with van der Waals surface area (Å²) < 4.78 is 5.24. The number of benzene rings is 1. The standard InChI is InChI=1S/C17H16ClN3O2S/c1-9-7-10(8-23-2)13-14(19)15(24-17(13)20-9)16(22)21-12-5-3-11(18)4-6-12/h3-7H,8,19H2,1-2H3,(H,21,22)/p+1. The summed E-state index contributed by atoms with van der Waals surface area (Å²) in [7, 11) is 1.63. The second-order valence-electron chi connectivity index (χ2n) is 5.42. The van der Waals surface area contributed by atoms with Crippen LogP contribution in [0.5, 0.6) is 0 Å². The second kappa shape index (κ2) is 6.76. The van der Waals surface area contributed by atoms with Crippen molar-refractivity contribution in [3.63, 3.8) is 0 Å². The van der Waals surface area contributed by atoms with Crippen molar-refractivity contribution in [3.8, 4) is 0 Å². The van der Waals surface area contributed by atoms with E-state index in [0.717, 1.165) is 21.5 Å². The Balaban J connectivity index is 2.00. The number of nitrogens with one attached hydrogen (secondary N) is 2. The molecule has 0 saturated heterocycles. The molecule has 0 atom stereocenters. The van der Waals surface area contributed by atoms with Gasteiger partial charge in [0.1, 0.15) is 4.88 Å². The first-order chi connectivity index (χ1) is 11.5. The highest BCUT2D eigenvalue weighted by Gasteiger charge is 2.23. The fourth-order valence-electron chi connectivity index (χ4n) is 2.56.